The summed E-state index contributed by atoms with van der Waals surface area (Å²) in [7, 11) is -3.59. The fourth-order valence-corrected chi connectivity index (χ4v) is 5.25. The van der Waals surface area contributed by atoms with Gasteiger partial charge in [0.2, 0.25) is 10.0 Å². The Hall–Kier alpha value is -2.18. The van der Waals surface area contributed by atoms with Gasteiger partial charge >= 0.3 is 0 Å². The third-order valence-corrected chi connectivity index (χ3v) is 7.11. The lowest BCUT2D eigenvalue weighted by molar-refractivity contribution is 0.0498. The first kappa shape index (κ1) is 17.2. The van der Waals surface area contributed by atoms with Crippen molar-refractivity contribution in [3.05, 3.63) is 59.7 Å². The van der Waals surface area contributed by atoms with Gasteiger partial charge in [0.25, 0.3) is 0 Å². The topological polar surface area (TPSA) is 63.7 Å². The Morgan fingerprint density at radius 3 is 2.58 bits per heavy atom. The van der Waals surface area contributed by atoms with Crippen LogP contribution in [0.2, 0.25) is 0 Å². The minimum atomic E-state index is -3.59. The van der Waals surface area contributed by atoms with Gasteiger partial charge in [0.05, 0.1) is 23.4 Å². The van der Waals surface area contributed by atoms with Crippen LogP contribution in [0.1, 0.15) is 35.7 Å². The highest BCUT2D eigenvalue weighted by Gasteiger charge is 2.48. The fraction of sp³-hybridized carbons (Fsp3) is 0.350. The molecule has 2 aromatic carbocycles. The Labute approximate surface area is 153 Å². The molecule has 1 unspecified atom stereocenters. The number of aryl methyl sites for hydroxylation is 1. The van der Waals surface area contributed by atoms with Crippen molar-refractivity contribution in [1.29, 1.82) is 0 Å². The molecule has 1 saturated heterocycles. The van der Waals surface area contributed by atoms with E-state index in [1.165, 1.54) is 4.31 Å². The molecular weight excluding hydrogens is 350 g/mol. The molecule has 1 atom stereocenters. The number of fused-ring (bicyclic) bond motifs is 1. The average molecular weight is 371 g/mol. The molecule has 6 heteroatoms. The van der Waals surface area contributed by atoms with Crippen LogP contribution in [0, 0.1) is 0 Å². The van der Waals surface area contributed by atoms with Crippen molar-refractivity contribution in [3.8, 4) is 5.75 Å². The Morgan fingerprint density at radius 2 is 1.85 bits per heavy atom. The molecule has 5 nitrogen and oxygen atoms in total. The van der Waals surface area contributed by atoms with E-state index in [0.717, 1.165) is 12.0 Å². The Bertz CT molecular complexity index is 952. The largest absolute Gasteiger partial charge is 0.485 e. The average Bonchev–Trinajstić information content (AvgIpc) is 3.05. The lowest BCUT2D eigenvalue weighted by Crippen LogP contribution is -2.45. The molecule has 0 saturated carbocycles. The van der Waals surface area contributed by atoms with Crippen molar-refractivity contribution >= 4 is 15.8 Å². The van der Waals surface area contributed by atoms with Gasteiger partial charge in [0.15, 0.2) is 5.78 Å². The van der Waals surface area contributed by atoms with Gasteiger partial charge in [-0.05, 0) is 36.2 Å². The lowest BCUT2D eigenvalue weighted by atomic mass is 9.89. The van der Waals surface area contributed by atoms with Crippen molar-refractivity contribution in [2.75, 3.05) is 13.1 Å². The number of ketones is 1. The molecule has 4 rings (SSSR count). The number of sulfonamides is 1. The number of carbonyl (C=O) groups excluding carboxylic acids is 1. The summed E-state index contributed by atoms with van der Waals surface area (Å²) in [6.07, 6.45) is 1.59. The first-order valence-corrected chi connectivity index (χ1v) is 10.3. The van der Waals surface area contributed by atoms with E-state index in [4.69, 9.17) is 4.74 Å². The quantitative estimate of drug-likeness (QED) is 0.832. The maximum atomic E-state index is 13.0. The SMILES string of the molecule is CCc1ccc(S(=O)(=O)N2CCC3(CC(=O)c4ccccc4O3)C2)cc1. The molecule has 2 aliphatic rings. The van der Waals surface area contributed by atoms with Crippen LogP contribution >= 0.6 is 0 Å². The van der Waals surface area contributed by atoms with Crippen LogP contribution in [0.15, 0.2) is 53.4 Å². The van der Waals surface area contributed by atoms with Gasteiger partial charge in [-0.3, -0.25) is 4.79 Å². The Kier molecular flexibility index (Phi) is 4.12. The molecule has 1 fully saturated rings. The van der Waals surface area contributed by atoms with Gasteiger partial charge in [0.1, 0.15) is 11.4 Å². The summed E-state index contributed by atoms with van der Waals surface area (Å²) in [6.45, 7) is 2.58. The Morgan fingerprint density at radius 1 is 1.12 bits per heavy atom. The molecule has 26 heavy (non-hydrogen) atoms. The number of nitrogens with zero attached hydrogens (tertiary/aromatic N) is 1. The van der Waals surface area contributed by atoms with E-state index >= 15 is 0 Å². The van der Waals surface area contributed by atoms with Crippen molar-refractivity contribution in [2.45, 2.75) is 36.7 Å². The van der Waals surface area contributed by atoms with Crippen LogP contribution in [0.25, 0.3) is 0 Å². The molecule has 0 amide bonds. The number of benzene rings is 2. The van der Waals surface area contributed by atoms with Crippen molar-refractivity contribution in [1.82, 2.24) is 4.31 Å². The van der Waals surface area contributed by atoms with Crippen molar-refractivity contribution in [2.24, 2.45) is 0 Å². The van der Waals surface area contributed by atoms with Crippen LogP contribution < -0.4 is 4.74 Å². The molecule has 0 radical (unpaired) electrons. The van der Waals surface area contributed by atoms with Gasteiger partial charge < -0.3 is 4.74 Å². The summed E-state index contributed by atoms with van der Waals surface area (Å²) in [4.78, 5) is 12.8. The number of rotatable bonds is 3. The molecule has 0 aliphatic carbocycles. The second-order valence-corrected chi connectivity index (χ2v) is 8.91. The summed E-state index contributed by atoms with van der Waals surface area (Å²) >= 11 is 0. The lowest BCUT2D eigenvalue weighted by Gasteiger charge is -2.34. The smallest absolute Gasteiger partial charge is 0.243 e. The molecular formula is C20H21NO4S. The van der Waals surface area contributed by atoms with Crippen molar-refractivity contribution < 1.29 is 17.9 Å². The minimum absolute atomic E-state index is 0.0124. The van der Waals surface area contributed by atoms with Gasteiger partial charge in [-0.2, -0.15) is 4.31 Å². The zero-order valence-electron chi connectivity index (χ0n) is 14.6. The molecule has 136 valence electrons. The zero-order chi connectivity index (χ0) is 18.4. The van der Waals surface area contributed by atoms with E-state index < -0.39 is 15.6 Å². The number of para-hydroxylation sites is 1. The van der Waals surface area contributed by atoms with E-state index in [-0.39, 0.29) is 23.6 Å². The molecule has 2 heterocycles. The van der Waals surface area contributed by atoms with E-state index in [0.29, 0.717) is 24.3 Å². The van der Waals surface area contributed by atoms with Crippen LogP contribution in [0.3, 0.4) is 0 Å². The second-order valence-electron chi connectivity index (χ2n) is 6.97. The zero-order valence-corrected chi connectivity index (χ0v) is 15.5. The molecule has 0 bridgehead atoms. The maximum Gasteiger partial charge on any atom is 0.243 e. The van der Waals surface area contributed by atoms with Crippen LogP contribution in [0.5, 0.6) is 5.75 Å². The predicted molar refractivity (Wildman–Crippen MR) is 97.9 cm³/mol. The first-order chi connectivity index (χ1) is 12.4. The molecule has 2 aromatic rings. The molecule has 2 aliphatic heterocycles. The van der Waals surface area contributed by atoms with Crippen molar-refractivity contribution in [3.63, 3.8) is 0 Å². The summed E-state index contributed by atoms with van der Waals surface area (Å²) < 4.78 is 33.5. The standard InChI is InChI=1S/C20H21NO4S/c1-2-15-7-9-16(10-8-15)26(23,24)21-12-11-20(14-21)13-18(22)17-5-3-4-6-19(17)25-20/h3-10H,2,11-14H2,1H3. The van der Waals surface area contributed by atoms with E-state index in [2.05, 4.69) is 0 Å². The number of carbonyl (C=O) groups is 1. The molecule has 0 aromatic heterocycles. The highest BCUT2D eigenvalue weighted by atomic mass is 32.2. The second kappa shape index (κ2) is 6.21. The van der Waals surface area contributed by atoms with Gasteiger partial charge in [-0.25, -0.2) is 8.42 Å². The summed E-state index contributed by atoms with van der Waals surface area (Å²) in [5.41, 5.74) is 0.913. The van der Waals surface area contributed by atoms with E-state index in [1.54, 1.807) is 24.3 Å². The summed E-state index contributed by atoms with van der Waals surface area (Å²) in [5, 5.41) is 0. The normalized spacial score (nSPS) is 23.0. The first-order valence-electron chi connectivity index (χ1n) is 8.84. The third-order valence-electron chi connectivity index (χ3n) is 5.25. The van der Waals surface area contributed by atoms with Crippen LogP contribution in [-0.2, 0) is 16.4 Å². The Balaban J connectivity index is 1.59. The third kappa shape index (κ3) is 2.83. The van der Waals surface area contributed by atoms with Crippen LogP contribution in [-0.4, -0.2) is 37.2 Å². The number of Topliss-reactive ketones (excluding diaryl/α,β-unsaturated/α-hetero) is 1. The predicted octanol–water partition coefficient (Wildman–Crippen LogP) is 3.05. The number of hydrogen-bond donors (Lipinski definition) is 0. The van der Waals surface area contributed by atoms with E-state index in [1.807, 2.05) is 31.2 Å². The summed E-state index contributed by atoms with van der Waals surface area (Å²) in [6, 6.07) is 14.2. The monoisotopic (exact) mass is 371 g/mol. The fourth-order valence-electron chi connectivity index (χ4n) is 3.73. The van der Waals surface area contributed by atoms with E-state index in [9.17, 15) is 13.2 Å². The molecule has 1 spiro atoms. The number of ether oxygens (including phenoxy) is 1. The van der Waals surface area contributed by atoms with Crippen LogP contribution in [0.4, 0.5) is 0 Å². The maximum absolute atomic E-state index is 13.0. The highest BCUT2D eigenvalue weighted by Crippen LogP contribution is 2.40. The number of hydrogen-bond acceptors (Lipinski definition) is 4. The minimum Gasteiger partial charge on any atom is -0.485 e. The molecule has 0 N–H and O–H groups in total. The van der Waals surface area contributed by atoms with Gasteiger partial charge in [-0.1, -0.05) is 31.2 Å². The van der Waals surface area contributed by atoms with Gasteiger partial charge in [0, 0.05) is 13.0 Å². The highest BCUT2D eigenvalue weighted by molar-refractivity contribution is 7.89. The summed E-state index contributed by atoms with van der Waals surface area (Å²) in [5.74, 6) is 0.564. The van der Waals surface area contributed by atoms with Gasteiger partial charge in [-0.15, -0.1) is 0 Å².